The zero-order valence-electron chi connectivity index (χ0n) is 13.4. The molecule has 0 amide bonds. The molecule has 2 aromatic rings. The zero-order valence-corrected chi connectivity index (χ0v) is 15.0. The fourth-order valence-corrected chi connectivity index (χ4v) is 4.85. The highest BCUT2D eigenvalue weighted by atomic mass is 32.2. The molecule has 1 aromatic heterocycles. The maximum absolute atomic E-state index is 12.4. The fourth-order valence-electron chi connectivity index (χ4n) is 2.60. The lowest BCUT2D eigenvalue weighted by Gasteiger charge is -2.15. The predicted octanol–water partition coefficient (Wildman–Crippen LogP) is 3.07. The van der Waals surface area contributed by atoms with E-state index < -0.39 is 14.9 Å². The molecule has 25 heavy (non-hydrogen) atoms. The second-order valence-electron chi connectivity index (χ2n) is 5.66. The molecule has 0 radical (unpaired) electrons. The maximum atomic E-state index is 12.4. The van der Waals surface area contributed by atoms with Crippen LogP contribution in [0.25, 0.3) is 0 Å². The Balaban J connectivity index is 1.67. The second kappa shape index (κ2) is 7.51. The molecular formula is C16H17N3O4S2. The Kier molecular flexibility index (Phi) is 5.36. The van der Waals surface area contributed by atoms with Crippen LogP contribution in [-0.2, 0) is 15.8 Å². The Morgan fingerprint density at radius 2 is 1.96 bits per heavy atom. The summed E-state index contributed by atoms with van der Waals surface area (Å²) in [6, 6.07) is 9.67. The lowest BCUT2D eigenvalue weighted by Crippen LogP contribution is -2.27. The van der Waals surface area contributed by atoms with Gasteiger partial charge in [0.05, 0.1) is 9.95 Å². The average Bonchev–Trinajstić information content (AvgIpc) is 3.16. The van der Waals surface area contributed by atoms with Gasteiger partial charge in [0.1, 0.15) is 4.90 Å². The molecule has 1 fully saturated rings. The van der Waals surface area contributed by atoms with E-state index in [1.807, 2.05) is 6.07 Å². The molecule has 1 saturated heterocycles. The fraction of sp³-hybridized carbons (Fsp3) is 0.312. The van der Waals surface area contributed by atoms with Gasteiger partial charge in [-0.3, -0.25) is 10.1 Å². The number of sulfonamides is 1. The smallest absolute Gasteiger partial charge is 0.258 e. The van der Waals surface area contributed by atoms with Crippen molar-refractivity contribution in [1.82, 2.24) is 9.29 Å². The summed E-state index contributed by atoms with van der Waals surface area (Å²) in [6.07, 6.45) is 3.16. The van der Waals surface area contributed by atoms with Crippen molar-refractivity contribution in [1.29, 1.82) is 0 Å². The third-order valence-corrected chi connectivity index (χ3v) is 6.82. The normalized spacial score (nSPS) is 15.4. The van der Waals surface area contributed by atoms with E-state index in [0.29, 0.717) is 23.9 Å². The monoisotopic (exact) mass is 379 g/mol. The van der Waals surface area contributed by atoms with E-state index in [2.05, 4.69) is 4.98 Å². The van der Waals surface area contributed by atoms with E-state index in [4.69, 9.17) is 0 Å². The van der Waals surface area contributed by atoms with Crippen LogP contribution in [0, 0.1) is 10.1 Å². The van der Waals surface area contributed by atoms with Crippen molar-refractivity contribution in [3.8, 4) is 0 Å². The summed E-state index contributed by atoms with van der Waals surface area (Å²) in [4.78, 5) is 14.8. The summed E-state index contributed by atoms with van der Waals surface area (Å²) in [5.74, 6) is 0.521. The number of nitrogens with zero attached hydrogens (tertiary/aromatic N) is 3. The van der Waals surface area contributed by atoms with E-state index >= 15 is 0 Å². The topological polar surface area (TPSA) is 93.4 Å². The molecule has 0 unspecified atom stereocenters. The van der Waals surface area contributed by atoms with Gasteiger partial charge in [-0.05, 0) is 30.5 Å². The van der Waals surface area contributed by atoms with Gasteiger partial charge < -0.3 is 0 Å². The Morgan fingerprint density at radius 3 is 2.60 bits per heavy atom. The summed E-state index contributed by atoms with van der Waals surface area (Å²) in [7, 11) is -3.45. The van der Waals surface area contributed by atoms with Crippen LogP contribution in [0.3, 0.4) is 0 Å². The molecule has 0 N–H and O–H groups in total. The van der Waals surface area contributed by atoms with Gasteiger partial charge in [-0.25, -0.2) is 13.4 Å². The van der Waals surface area contributed by atoms with Crippen LogP contribution < -0.4 is 0 Å². The SMILES string of the molecule is O=[N+]([O-])c1cccc(CSc2ccc(S(=O)(=O)N3CCCC3)cn2)c1. The largest absolute Gasteiger partial charge is 0.269 e. The number of pyridine rings is 1. The van der Waals surface area contributed by atoms with E-state index in [1.165, 1.54) is 34.4 Å². The third-order valence-electron chi connectivity index (χ3n) is 3.92. The van der Waals surface area contributed by atoms with Crippen molar-refractivity contribution < 1.29 is 13.3 Å². The first-order chi connectivity index (χ1) is 12.0. The number of nitro groups is 1. The molecule has 7 nitrogen and oxygen atoms in total. The number of nitro benzene ring substituents is 1. The molecule has 3 rings (SSSR count). The molecular weight excluding hydrogens is 362 g/mol. The first-order valence-corrected chi connectivity index (χ1v) is 10.2. The van der Waals surface area contributed by atoms with Crippen molar-refractivity contribution in [3.63, 3.8) is 0 Å². The molecule has 1 aliphatic rings. The van der Waals surface area contributed by atoms with Gasteiger partial charge in [-0.1, -0.05) is 12.1 Å². The summed E-state index contributed by atoms with van der Waals surface area (Å²) in [5.41, 5.74) is 0.868. The molecule has 1 aliphatic heterocycles. The van der Waals surface area contributed by atoms with Crippen LogP contribution >= 0.6 is 11.8 Å². The van der Waals surface area contributed by atoms with Gasteiger partial charge in [-0.15, -0.1) is 11.8 Å². The molecule has 0 bridgehead atoms. The molecule has 0 saturated carbocycles. The third kappa shape index (κ3) is 4.17. The second-order valence-corrected chi connectivity index (χ2v) is 8.59. The van der Waals surface area contributed by atoms with Gasteiger partial charge in [-0.2, -0.15) is 4.31 Å². The lowest BCUT2D eigenvalue weighted by atomic mass is 10.2. The van der Waals surface area contributed by atoms with Crippen LogP contribution in [0.5, 0.6) is 0 Å². The minimum Gasteiger partial charge on any atom is -0.258 e. The van der Waals surface area contributed by atoms with Crippen LogP contribution in [0.15, 0.2) is 52.5 Å². The van der Waals surface area contributed by atoms with Gasteiger partial charge in [0.2, 0.25) is 10.0 Å². The highest BCUT2D eigenvalue weighted by molar-refractivity contribution is 7.98. The van der Waals surface area contributed by atoms with E-state index in [-0.39, 0.29) is 10.6 Å². The van der Waals surface area contributed by atoms with Crippen LogP contribution in [0.1, 0.15) is 18.4 Å². The molecule has 0 spiro atoms. The van der Waals surface area contributed by atoms with Crippen molar-refractivity contribution >= 4 is 27.5 Å². The number of non-ortho nitro benzene ring substituents is 1. The number of hydrogen-bond acceptors (Lipinski definition) is 6. The summed E-state index contributed by atoms with van der Waals surface area (Å²) < 4.78 is 26.4. The number of thioether (sulfide) groups is 1. The van der Waals surface area contributed by atoms with Gasteiger partial charge >= 0.3 is 0 Å². The first-order valence-electron chi connectivity index (χ1n) is 7.79. The van der Waals surface area contributed by atoms with Crippen LogP contribution in [-0.4, -0.2) is 35.7 Å². The maximum Gasteiger partial charge on any atom is 0.269 e. The number of benzene rings is 1. The minimum atomic E-state index is -3.45. The number of rotatable bonds is 6. The molecule has 132 valence electrons. The lowest BCUT2D eigenvalue weighted by molar-refractivity contribution is -0.384. The van der Waals surface area contributed by atoms with Crippen molar-refractivity contribution in [2.45, 2.75) is 28.5 Å². The van der Waals surface area contributed by atoms with E-state index in [0.717, 1.165) is 18.4 Å². The highest BCUT2D eigenvalue weighted by Gasteiger charge is 2.27. The Morgan fingerprint density at radius 1 is 1.20 bits per heavy atom. The summed E-state index contributed by atoms with van der Waals surface area (Å²) >= 11 is 1.40. The Bertz CT molecular complexity index is 863. The minimum absolute atomic E-state index is 0.0538. The highest BCUT2D eigenvalue weighted by Crippen LogP contribution is 2.25. The van der Waals surface area contributed by atoms with E-state index in [9.17, 15) is 18.5 Å². The average molecular weight is 379 g/mol. The standard InChI is InChI=1S/C16H17N3O4S2/c20-19(21)14-5-3-4-13(10-14)12-24-16-7-6-15(11-17-16)25(22,23)18-8-1-2-9-18/h3-7,10-11H,1-2,8-9,12H2. The van der Waals surface area contributed by atoms with Crippen molar-refractivity contribution in [3.05, 3.63) is 58.3 Å². The molecule has 1 aromatic carbocycles. The number of aromatic nitrogens is 1. The molecule has 2 heterocycles. The Hall–Kier alpha value is -1.97. The summed E-state index contributed by atoms with van der Waals surface area (Å²) in [5, 5.41) is 11.5. The van der Waals surface area contributed by atoms with Crippen molar-refractivity contribution in [2.24, 2.45) is 0 Å². The predicted molar refractivity (Wildman–Crippen MR) is 94.9 cm³/mol. The van der Waals surface area contributed by atoms with Gasteiger partial charge in [0, 0.05) is 37.2 Å². The van der Waals surface area contributed by atoms with Gasteiger partial charge in [0.15, 0.2) is 0 Å². The van der Waals surface area contributed by atoms with Crippen LogP contribution in [0.2, 0.25) is 0 Å². The van der Waals surface area contributed by atoms with Crippen LogP contribution in [0.4, 0.5) is 5.69 Å². The van der Waals surface area contributed by atoms with Gasteiger partial charge in [0.25, 0.3) is 5.69 Å². The van der Waals surface area contributed by atoms with Crippen molar-refractivity contribution in [2.75, 3.05) is 13.1 Å². The molecule has 0 atom stereocenters. The van der Waals surface area contributed by atoms with E-state index in [1.54, 1.807) is 18.2 Å². The quantitative estimate of drug-likeness (QED) is 0.435. The number of hydrogen-bond donors (Lipinski definition) is 0. The molecule has 9 heteroatoms. The summed E-state index contributed by atoms with van der Waals surface area (Å²) in [6.45, 7) is 1.12. The zero-order chi connectivity index (χ0) is 17.9. The Labute approximate surface area is 150 Å². The first kappa shape index (κ1) is 17.8. The molecule has 0 aliphatic carbocycles.